The number of nitrogens with zero attached hydrogens (tertiary/aromatic N) is 1. The van der Waals surface area contributed by atoms with E-state index in [0.717, 1.165) is 31.4 Å². The van der Waals surface area contributed by atoms with E-state index in [1.54, 1.807) is 12.4 Å². The van der Waals surface area contributed by atoms with Crippen LogP contribution < -0.4 is 11.1 Å². The first-order valence-corrected chi connectivity index (χ1v) is 5.85. The first-order chi connectivity index (χ1) is 7.68. The van der Waals surface area contributed by atoms with Crippen molar-refractivity contribution in [1.29, 1.82) is 0 Å². The second-order valence-corrected chi connectivity index (χ2v) is 4.65. The molecule has 1 aromatic rings. The lowest BCUT2D eigenvalue weighted by atomic mass is 9.85. The van der Waals surface area contributed by atoms with Crippen LogP contribution in [0.5, 0.6) is 0 Å². The lowest BCUT2D eigenvalue weighted by Crippen LogP contribution is -2.38. The first kappa shape index (κ1) is 11.2. The molecule has 0 unspecified atom stereocenters. The van der Waals surface area contributed by atoms with Crippen LogP contribution >= 0.6 is 0 Å². The molecule has 0 radical (unpaired) electrons. The number of rotatable bonds is 3. The number of nitrogens with one attached hydrogen (secondary N) is 1. The normalized spacial score (nSPS) is 19.3. The number of nitrogens with two attached hydrogens (primary N) is 1. The Hall–Kier alpha value is -1.29. The lowest BCUT2D eigenvalue weighted by Gasteiger charge is -2.32. The van der Waals surface area contributed by atoms with Crippen LogP contribution in [-0.2, 0) is 0 Å². The maximum absolute atomic E-state index is 10.3. The minimum Gasteiger partial charge on any atom is -0.397 e. The van der Waals surface area contributed by atoms with Gasteiger partial charge in [0.15, 0.2) is 0 Å². The van der Waals surface area contributed by atoms with E-state index in [2.05, 4.69) is 10.3 Å². The molecule has 1 aliphatic rings. The Balaban J connectivity index is 1.91. The van der Waals surface area contributed by atoms with E-state index < -0.39 is 5.60 Å². The van der Waals surface area contributed by atoms with Crippen LogP contribution in [0.1, 0.15) is 32.1 Å². The number of anilines is 2. The van der Waals surface area contributed by atoms with Gasteiger partial charge in [0.1, 0.15) is 0 Å². The summed E-state index contributed by atoms with van der Waals surface area (Å²) in [7, 11) is 0. The van der Waals surface area contributed by atoms with Crippen molar-refractivity contribution in [2.45, 2.75) is 37.7 Å². The predicted molar refractivity (Wildman–Crippen MR) is 65.2 cm³/mol. The number of nitrogen functional groups attached to an aromatic ring is 1. The molecule has 0 bridgehead atoms. The fraction of sp³-hybridized carbons (Fsp3) is 0.583. The number of aliphatic hydroxyl groups is 1. The molecular formula is C12H19N3O. The van der Waals surface area contributed by atoms with Crippen LogP contribution in [0.4, 0.5) is 11.4 Å². The highest BCUT2D eigenvalue weighted by atomic mass is 16.3. The van der Waals surface area contributed by atoms with Gasteiger partial charge in [-0.2, -0.15) is 0 Å². The SMILES string of the molecule is Nc1cncc(NCC2(O)CCCCC2)c1. The van der Waals surface area contributed by atoms with E-state index in [1.165, 1.54) is 6.42 Å². The summed E-state index contributed by atoms with van der Waals surface area (Å²) in [5, 5.41) is 13.5. The average Bonchev–Trinajstić information content (AvgIpc) is 2.28. The van der Waals surface area contributed by atoms with Crippen molar-refractivity contribution < 1.29 is 5.11 Å². The number of pyridine rings is 1. The van der Waals surface area contributed by atoms with Crippen molar-refractivity contribution in [3.05, 3.63) is 18.5 Å². The van der Waals surface area contributed by atoms with E-state index in [4.69, 9.17) is 5.73 Å². The number of hydrogen-bond donors (Lipinski definition) is 3. The smallest absolute Gasteiger partial charge is 0.0819 e. The Labute approximate surface area is 95.9 Å². The highest BCUT2D eigenvalue weighted by Crippen LogP contribution is 2.28. The highest BCUT2D eigenvalue weighted by Gasteiger charge is 2.28. The first-order valence-electron chi connectivity index (χ1n) is 5.85. The summed E-state index contributed by atoms with van der Waals surface area (Å²) in [5.41, 5.74) is 6.60. The fourth-order valence-corrected chi connectivity index (χ4v) is 2.21. The van der Waals surface area contributed by atoms with Crippen molar-refractivity contribution in [3.63, 3.8) is 0 Å². The van der Waals surface area contributed by atoms with Gasteiger partial charge >= 0.3 is 0 Å². The molecule has 1 aliphatic carbocycles. The summed E-state index contributed by atoms with van der Waals surface area (Å²) in [6.07, 6.45) is 8.58. The van der Waals surface area contributed by atoms with Crippen molar-refractivity contribution in [3.8, 4) is 0 Å². The molecule has 0 aliphatic heterocycles. The van der Waals surface area contributed by atoms with E-state index in [0.29, 0.717) is 12.2 Å². The third kappa shape index (κ3) is 2.85. The van der Waals surface area contributed by atoms with E-state index >= 15 is 0 Å². The molecule has 1 aromatic heterocycles. The number of aromatic nitrogens is 1. The molecule has 88 valence electrons. The maximum atomic E-state index is 10.3. The lowest BCUT2D eigenvalue weighted by molar-refractivity contribution is 0.0167. The van der Waals surface area contributed by atoms with Crippen LogP contribution in [0, 0.1) is 0 Å². The van der Waals surface area contributed by atoms with Crippen LogP contribution in [0.15, 0.2) is 18.5 Å². The molecule has 0 aromatic carbocycles. The second kappa shape index (κ2) is 4.70. The Morgan fingerprint density at radius 3 is 2.75 bits per heavy atom. The van der Waals surface area contributed by atoms with Crippen molar-refractivity contribution in [2.75, 3.05) is 17.6 Å². The Bertz CT molecular complexity index is 348. The molecule has 0 spiro atoms. The third-order valence-corrected chi connectivity index (χ3v) is 3.17. The van der Waals surface area contributed by atoms with E-state index in [9.17, 15) is 5.11 Å². The fourth-order valence-electron chi connectivity index (χ4n) is 2.21. The Morgan fingerprint density at radius 1 is 1.31 bits per heavy atom. The molecule has 4 heteroatoms. The van der Waals surface area contributed by atoms with Crippen molar-refractivity contribution in [1.82, 2.24) is 4.98 Å². The summed E-state index contributed by atoms with van der Waals surface area (Å²) >= 11 is 0. The van der Waals surface area contributed by atoms with Gasteiger partial charge in [-0.15, -0.1) is 0 Å². The van der Waals surface area contributed by atoms with Gasteiger partial charge in [0.2, 0.25) is 0 Å². The Morgan fingerprint density at radius 2 is 2.06 bits per heavy atom. The molecule has 0 amide bonds. The quantitative estimate of drug-likeness (QED) is 0.727. The standard InChI is InChI=1S/C12H19N3O/c13-10-6-11(8-14-7-10)15-9-12(16)4-2-1-3-5-12/h6-8,15-16H,1-5,9,13H2. The van der Waals surface area contributed by atoms with Gasteiger partial charge in [0.05, 0.1) is 23.2 Å². The number of hydrogen-bond acceptors (Lipinski definition) is 4. The molecule has 16 heavy (non-hydrogen) atoms. The molecule has 4 N–H and O–H groups in total. The van der Waals surface area contributed by atoms with Gasteiger partial charge < -0.3 is 16.2 Å². The maximum Gasteiger partial charge on any atom is 0.0819 e. The molecule has 0 atom stereocenters. The largest absolute Gasteiger partial charge is 0.397 e. The minimum absolute atomic E-state index is 0.553. The third-order valence-electron chi connectivity index (χ3n) is 3.17. The molecule has 4 nitrogen and oxygen atoms in total. The van der Waals surface area contributed by atoms with Gasteiger partial charge in [-0.05, 0) is 18.9 Å². The van der Waals surface area contributed by atoms with Crippen LogP contribution in [0.25, 0.3) is 0 Å². The summed E-state index contributed by atoms with van der Waals surface area (Å²) in [6, 6.07) is 1.83. The zero-order valence-electron chi connectivity index (χ0n) is 9.45. The van der Waals surface area contributed by atoms with Gasteiger partial charge in [0.25, 0.3) is 0 Å². The second-order valence-electron chi connectivity index (χ2n) is 4.65. The van der Waals surface area contributed by atoms with Gasteiger partial charge in [0, 0.05) is 12.7 Å². The summed E-state index contributed by atoms with van der Waals surface area (Å²) in [5.74, 6) is 0. The molecule has 2 rings (SSSR count). The summed E-state index contributed by atoms with van der Waals surface area (Å²) in [6.45, 7) is 0.581. The van der Waals surface area contributed by atoms with Gasteiger partial charge in [-0.3, -0.25) is 4.98 Å². The zero-order chi connectivity index (χ0) is 11.4. The topological polar surface area (TPSA) is 71.2 Å². The zero-order valence-corrected chi connectivity index (χ0v) is 9.45. The predicted octanol–water partition coefficient (Wildman–Crippen LogP) is 1.77. The Kier molecular flexibility index (Phi) is 3.29. The monoisotopic (exact) mass is 221 g/mol. The van der Waals surface area contributed by atoms with Crippen LogP contribution in [-0.4, -0.2) is 22.2 Å². The van der Waals surface area contributed by atoms with Crippen molar-refractivity contribution >= 4 is 11.4 Å². The summed E-state index contributed by atoms with van der Waals surface area (Å²) < 4.78 is 0. The highest BCUT2D eigenvalue weighted by molar-refractivity contribution is 5.51. The molecule has 1 fully saturated rings. The van der Waals surface area contributed by atoms with Gasteiger partial charge in [-0.25, -0.2) is 0 Å². The van der Waals surface area contributed by atoms with Crippen LogP contribution in [0.2, 0.25) is 0 Å². The molecular weight excluding hydrogens is 202 g/mol. The van der Waals surface area contributed by atoms with Gasteiger partial charge in [-0.1, -0.05) is 19.3 Å². The minimum atomic E-state index is -0.553. The van der Waals surface area contributed by atoms with E-state index in [-0.39, 0.29) is 0 Å². The van der Waals surface area contributed by atoms with Crippen molar-refractivity contribution in [2.24, 2.45) is 0 Å². The average molecular weight is 221 g/mol. The van der Waals surface area contributed by atoms with Crippen LogP contribution in [0.3, 0.4) is 0 Å². The summed E-state index contributed by atoms with van der Waals surface area (Å²) in [4.78, 5) is 4.00. The molecule has 1 heterocycles. The molecule has 0 saturated heterocycles. The molecule has 1 saturated carbocycles. The van der Waals surface area contributed by atoms with E-state index in [1.807, 2.05) is 6.07 Å².